The molecule has 5 nitrogen and oxygen atoms in total. The standard InChI is InChI=1S/C13H17N3O2S/c1-10-4-2-3-9-15(10)13(19)14-11-5-7-12(8-6-11)16(17)18/h5-8,10H,2-4,9H2,1H3,(H,14,19)/t10-/m0/s1. The molecular formula is C13H17N3O2S. The van der Waals surface area contributed by atoms with Crippen molar-refractivity contribution < 1.29 is 4.92 Å². The van der Waals surface area contributed by atoms with E-state index < -0.39 is 4.92 Å². The molecule has 2 rings (SSSR count). The first-order chi connectivity index (χ1) is 9.08. The molecule has 1 N–H and O–H groups in total. The summed E-state index contributed by atoms with van der Waals surface area (Å²) in [6, 6.07) is 6.76. The number of anilines is 1. The van der Waals surface area contributed by atoms with Gasteiger partial charge in [-0.15, -0.1) is 0 Å². The summed E-state index contributed by atoms with van der Waals surface area (Å²) >= 11 is 5.40. The third-order valence-electron chi connectivity index (χ3n) is 3.39. The highest BCUT2D eigenvalue weighted by molar-refractivity contribution is 7.80. The molecule has 6 heteroatoms. The molecule has 0 saturated carbocycles. The number of nitrogens with zero attached hydrogens (tertiary/aromatic N) is 2. The second kappa shape index (κ2) is 5.97. The summed E-state index contributed by atoms with van der Waals surface area (Å²) in [6.45, 7) is 3.14. The van der Waals surface area contributed by atoms with Crippen LogP contribution >= 0.6 is 12.2 Å². The second-order valence-corrected chi connectivity index (χ2v) is 5.16. The van der Waals surface area contributed by atoms with Crippen LogP contribution in [0, 0.1) is 10.1 Å². The minimum atomic E-state index is -0.408. The fraction of sp³-hybridized carbons (Fsp3) is 0.462. The molecule has 1 aliphatic rings. The van der Waals surface area contributed by atoms with E-state index in [-0.39, 0.29) is 5.69 Å². The van der Waals surface area contributed by atoms with E-state index in [0.29, 0.717) is 11.2 Å². The van der Waals surface area contributed by atoms with Crippen molar-refractivity contribution >= 4 is 28.7 Å². The first-order valence-electron chi connectivity index (χ1n) is 6.40. The van der Waals surface area contributed by atoms with Crippen LogP contribution in [0.3, 0.4) is 0 Å². The Morgan fingerprint density at radius 2 is 2.11 bits per heavy atom. The van der Waals surface area contributed by atoms with Gasteiger partial charge in [0.1, 0.15) is 0 Å². The highest BCUT2D eigenvalue weighted by atomic mass is 32.1. The van der Waals surface area contributed by atoms with Crippen molar-refractivity contribution in [3.63, 3.8) is 0 Å². The van der Waals surface area contributed by atoms with Crippen LogP contribution in [-0.2, 0) is 0 Å². The van der Waals surface area contributed by atoms with Gasteiger partial charge < -0.3 is 10.2 Å². The van der Waals surface area contributed by atoms with Crippen LogP contribution < -0.4 is 5.32 Å². The monoisotopic (exact) mass is 279 g/mol. The number of nitro groups is 1. The molecule has 1 atom stereocenters. The van der Waals surface area contributed by atoms with E-state index in [0.717, 1.165) is 25.1 Å². The van der Waals surface area contributed by atoms with Crippen molar-refractivity contribution in [1.82, 2.24) is 4.90 Å². The molecule has 0 aromatic heterocycles. The molecule has 0 radical (unpaired) electrons. The van der Waals surface area contributed by atoms with Crippen LogP contribution in [0.15, 0.2) is 24.3 Å². The van der Waals surface area contributed by atoms with Crippen molar-refractivity contribution in [1.29, 1.82) is 0 Å². The normalized spacial score (nSPS) is 19.0. The smallest absolute Gasteiger partial charge is 0.269 e. The maximum absolute atomic E-state index is 10.6. The Bertz CT molecular complexity index is 475. The topological polar surface area (TPSA) is 58.4 Å². The average Bonchev–Trinajstić information content (AvgIpc) is 2.39. The molecule has 1 aromatic carbocycles. The SMILES string of the molecule is C[C@H]1CCCCN1C(=S)Nc1ccc([N+](=O)[O-])cc1. The Morgan fingerprint density at radius 1 is 1.42 bits per heavy atom. The highest BCUT2D eigenvalue weighted by Gasteiger charge is 2.20. The molecule has 0 unspecified atom stereocenters. The highest BCUT2D eigenvalue weighted by Crippen LogP contribution is 2.19. The first-order valence-corrected chi connectivity index (χ1v) is 6.81. The van der Waals surface area contributed by atoms with Crippen molar-refractivity contribution in [3.05, 3.63) is 34.4 Å². The Morgan fingerprint density at radius 3 is 2.68 bits per heavy atom. The molecule has 1 aliphatic heterocycles. The minimum Gasteiger partial charge on any atom is -0.346 e. The van der Waals surface area contributed by atoms with E-state index in [4.69, 9.17) is 12.2 Å². The molecule has 1 fully saturated rings. The molecule has 0 aliphatic carbocycles. The number of nitrogens with one attached hydrogen (secondary N) is 1. The lowest BCUT2D eigenvalue weighted by Gasteiger charge is -2.35. The average molecular weight is 279 g/mol. The van der Waals surface area contributed by atoms with Crippen molar-refractivity contribution in [2.24, 2.45) is 0 Å². The van der Waals surface area contributed by atoms with Gasteiger partial charge in [-0.05, 0) is 50.5 Å². The van der Waals surface area contributed by atoms with E-state index in [1.165, 1.54) is 18.6 Å². The zero-order valence-corrected chi connectivity index (χ0v) is 11.7. The van der Waals surface area contributed by atoms with E-state index in [2.05, 4.69) is 17.1 Å². The summed E-state index contributed by atoms with van der Waals surface area (Å²) < 4.78 is 0. The number of hydrogen-bond acceptors (Lipinski definition) is 3. The maximum atomic E-state index is 10.6. The molecule has 0 bridgehead atoms. The Labute approximate surface area is 117 Å². The Balaban J connectivity index is 2.00. The zero-order chi connectivity index (χ0) is 13.8. The molecule has 19 heavy (non-hydrogen) atoms. The van der Waals surface area contributed by atoms with Gasteiger partial charge in [-0.1, -0.05) is 0 Å². The van der Waals surface area contributed by atoms with Crippen LogP contribution in [-0.4, -0.2) is 27.5 Å². The number of non-ortho nitro benzene ring substituents is 1. The van der Waals surface area contributed by atoms with Gasteiger partial charge in [-0.2, -0.15) is 0 Å². The lowest BCUT2D eigenvalue weighted by Crippen LogP contribution is -2.44. The van der Waals surface area contributed by atoms with Crippen LogP contribution in [0.1, 0.15) is 26.2 Å². The van der Waals surface area contributed by atoms with Gasteiger partial charge in [-0.3, -0.25) is 10.1 Å². The minimum absolute atomic E-state index is 0.0859. The third kappa shape index (κ3) is 3.41. The molecule has 0 spiro atoms. The molecule has 1 heterocycles. The predicted octanol–water partition coefficient (Wildman–Crippen LogP) is 3.17. The number of rotatable bonds is 2. The van der Waals surface area contributed by atoms with Gasteiger partial charge in [0.25, 0.3) is 5.69 Å². The fourth-order valence-electron chi connectivity index (χ4n) is 2.26. The van der Waals surface area contributed by atoms with E-state index in [1.54, 1.807) is 12.1 Å². The number of piperidine rings is 1. The van der Waals surface area contributed by atoms with Crippen LogP contribution in [0.5, 0.6) is 0 Å². The van der Waals surface area contributed by atoms with Crippen LogP contribution in [0.2, 0.25) is 0 Å². The predicted molar refractivity (Wildman–Crippen MR) is 79.3 cm³/mol. The summed E-state index contributed by atoms with van der Waals surface area (Å²) in [5.74, 6) is 0. The number of nitro benzene ring substituents is 1. The Kier molecular flexibility index (Phi) is 4.31. The van der Waals surface area contributed by atoms with E-state index in [9.17, 15) is 10.1 Å². The van der Waals surface area contributed by atoms with Gasteiger partial charge >= 0.3 is 0 Å². The molecule has 102 valence electrons. The van der Waals surface area contributed by atoms with Crippen LogP contribution in [0.25, 0.3) is 0 Å². The number of likely N-dealkylation sites (tertiary alicyclic amines) is 1. The van der Waals surface area contributed by atoms with Crippen molar-refractivity contribution in [3.8, 4) is 0 Å². The molecule has 1 aromatic rings. The van der Waals surface area contributed by atoms with E-state index >= 15 is 0 Å². The summed E-state index contributed by atoms with van der Waals surface area (Å²) in [5.41, 5.74) is 0.871. The van der Waals surface area contributed by atoms with Crippen molar-refractivity contribution in [2.45, 2.75) is 32.2 Å². The Hall–Kier alpha value is -1.69. The van der Waals surface area contributed by atoms with Crippen molar-refractivity contribution in [2.75, 3.05) is 11.9 Å². The number of thiocarbonyl (C=S) groups is 1. The van der Waals surface area contributed by atoms with Gasteiger partial charge in [0.05, 0.1) is 4.92 Å². The van der Waals surface area contributed by atoms with Crippen LogP contribution in [0.4, 0.5) is 11.4 Å². The number of hydrogen-bond donors (Lipinski definition) is 1. The fourth-order valence-corrected chi connectivity index (χ4v) is 2.65. The molecule has 0 amide bonds. The van der Waals surface area contributed by atoms with E-state index in [1.807, 2.05) is 0 Å². The largest absolute Gasteiger partial charge is 0.346 e. The van der Waals surface area contributed by atoms with Gasteiger partial charge in [0.15, 0.2) is 5.11 Å². The van der Waals surface area contributed by atoms with Gasteiger partial charge in [0, 0.05) is 30.4 Å². The third-order valence-corrected chi connectivity index (χ3v) is 3.73. The summed E-state index contributed by atoms with van der Waals surface area (Å²) in [7, 11) is 0. The maximum Gasteiger partial charge on any atom is 0.269 e. The number of benzene rings is 1. The first kappa shape index (κ1) is 13.7. The quantitative estimate of drug-likeness (QED) is 0.512. The second-order valence-electron chi connectivity index (χ2n) is 4.77. The molecule has 1 saturated heterocycles. The lowest BCUT2D eigenvalue weighted by atomic mass is 10.0. The lowest BCUT2D eigenvalue weighted by molar-refractivity contribution is -0.384. The summed E-state index contributed by atoms with van der Waals surface area (Å²) in [6.07, 6.45) is 3.56. The summed E-state index contributed by atoms with van der Waals surface area (Å²) in [4.78, 5) is 12.3. The summed E-state index contributed by atoms with van der Waals surface area (Å²) in [5, 5.41) is 14.4. The van der Waals surface area contributed by atoms with Gasteiger partial charge in [-0.25, -0.2) is 0 Å². The zero-order valence-electron chi connectivity index (χ0n) is 10.8. The molecular weight excluding hydrogens is 262 g/mol. The van der Waals surface area contributed by atoms with Gasteiger partial charge in [0.2, 0.25) is 0 Å².